The van der Waals surface area contributed by atoms with Crippen LogP contribution in [0.3, 0.4) is 0 Å². The minimum atomic E-state index is -0.552. The Morgan fingerprint density at radius 1 is 1.14 bits per heavy atom. The number of carbonyl (C=O) groups excluding carboxylic acids is 2. The number of rotatable bonds is 4. The number of nitrogens with one attached hydrogen (secondary N) is 3. The Labute approximate surface area is 166 Å². The van der Waals surface area contributed by atoms with Gasteiger partial charge in [0.25, 0.3) is 5.91 Å². The van der Waals surface area contributed by atoms with Crippen molar-refractivity contribution in [3.63, 3.8) is 0 Å². The van der Waals surface area contributed by atoms with Gasteiger partial charge >= 0.3 is 0 Å². The highest BCUT2D eigenvalue weighted by molar-refractivity contribution is 7.22. The first-order valence-corrected chi connectivity index (χ1v) is 9.84. The van der Waals surface area contributed by atoms with Gasteiger partial charge in [-0.2, -0.15) is 0 Å². The van der Waals surface area contributed by atoms with Gasteiger partial charge in [-0.25, -0.2) is 4.98 Å². The minimum absolute atomic E-state index is 0.268. The molecule has 0 fully saturated rings. The second kappa shape index (κ2) is 7.85. The third-order valence-electron chi connectivity index (χ3n) is 4.59. The van der Waals surface area contributed by atoms with Crippen LogP contribution in [0.4, 0.5) is 5.13 Å². The van der Waals surface area contributed by atoms with Crippen molar-refractivity contribution in [1.29, 1.82) is 0 Å². The molecule has 144 valence electrons. The summed E-state index contributed by atoms with van der Waals surface area (Å²) in [5, 5.41) is 3.73. The molecule has 0 bridgehead atoms. The lowest BCUT2D eigenvalue weighted by Gasteiger charge is -2.24. The summed E-state index contributed by atoms with van der Waals surface area (Å²) in [5.74, 6) is -0.147. The van der Waals surface area contributed by atoms with Crippen molar-refractivity contribution >= 4 is 38.5 Å². The smallest absolute Gasteiger partial charge is 0.260 e. The molecule has 0 radical (unpaired) electrons. The summed E-state index contributed by atoms with van der Waals surface area (Å²) in [6, 6.07) is 14.9. The van der Waals surface area contributed by atoms with Crippen LogP contribution in [0, 0.1) is 5.92 Å². The monoisotopic (exact) mass is 396 g/mol. The maximum atomic E-state index is 12.4. The molecule has 0 spiro atoms. The number of carbonyl (C=O) groups is 2. The van der Waals surface area contributed by atoms with Crippen molar-refractivity contribution in [3.05, 3.63) is 54.1 Å². The highest BCUT2D eigenvalue weighted by Gasteiger charge is 2.26. The summed E-state index contributed by atoms with van der Waals surface area (Å²) < 4.78 is 6.67. The molecule has 1 aliphatic rings. The van der Waals surface area contributed by atoms with Crippen LogP contribution in [0.15, 0.2) is 48.5 Å². The SMILES string of the molecule is C[C@@H](Nc1nc2ccccc2s1)C(=O)NNC(=O)[C@H]1COc2ccccc2C1. The zero-order valence-electron chi connectivity index (χ0n) is 15.3. The molecule has 28 heavy (non-hydrogen) atoms. The first-order valence-electron chi connectivity index (χ1n) is 9.02. The zero-order valence-corrected chi connectivity index (χ0v) is 16.1. The summed E-state index contributed by atoms with van der Waals surface area (Å²) in [6.45, 7) is 2.01. The molecule has 3 aromatic rings. The Bertz CT molecular complexity index is 986. The second-order valence-corrected chi connectivity index (χ2v) is 7.68. The number of para-hydroxylation sites is 2. The molecule has 0 unspecified atom stereocenters. The van der Waals surface area contributed by atoms with Crippen molar-refractivity contribution in [1.82, 2.24) is 15.8 Å². The van der Waals surface area contributed by atoms with E-state index in [1.54, 1.807) is 6.92 Å². The van der Waals surface area contributed by atoms with E-state index in [4.69, 9.17) is 4.74 Å². The van der Waals surface area contributed by atoms with E-state index < -0.39 is 6.04 Å². The number of hydrogen-bond donors (Lipinski definition) is 3. The van der Waals surface area contributed by atoms with Crippen molar-refractivity contribution < 1.29 is 14.3 Å². The van der Waals surface area contributed by atoms with Crippen LogP contribution in [0.1, 0.15) is 12.5 Å². The van der Waals surface area contributed by atoms with Gasteiger partial charge in [0.1, 0.15) is 18.4 Å². The van der Waals surface area contributed by atoms with Crippen LogP contribution in [0.25, 0.3) is 10.2 Å². The van der Waals surface area contributed by atoms with Crippen molar-refractivity contribution in [2.75, 3.05) is 11.9 Å². The number of amides is 2. The summed E-state index contributed by atoms with van der Waals surface area (Å²) in [4.78, 5) is 29.1. The van der Waals surface area contributed by atoms with E-state index in [0.29, 0.717) is 11.6 Å². The standard InChI is InChI=1S/C20H20N4O3S/c1-12(21-20-22-15-7-3-5-9-17(15)28-20)18(25)23-24-19(26)14-10-13-6-2-4-8-16(13)27-11-14/h2-9,12,14H,10-11H2,1H3,(H,21,22)(H,23,25)(H,24,26)/t12-,14-/m1/s1. The summed E-state index contributed by atoms with van der Waals surface area (Å²) in [6.07, 6.45) is 0.581. The summed E-state index contributed by atoms with van der Waals surface area (Å²) in [5.41, 5.74) is 6.85. The van der Waals surface area contributed by atoms with Crippen LogP contribution in [-0.4, -0.2) is 29.4 Å². The highest BCUT2D eigenvalue weighted by atomic mass is 32.1. The van der Waals surface area contributed by atoms with E-state index in [0.717, 1.165) is 21.5 Å². The van der Waals surface area contributed by atoms with E-state index in [2.05, 4.69) is 21.2 Å². The quantitative estimate of drug-likeness (QED) is 0.590. The Morgan fingerprint density at radius 3 is 2.79 bits per heavy atom. The van der Waals surface area contributed by atoms with Gasteiger partial charge in [0.2, 0.25) is 5.91 Å². The Balaban J connectivity index is 1.29. The number of anilines is 1. The third kappa shape index (κ3) is 3.91. The molecule has 1 aromatic heterocycles. The molecular formula is C20H20N4O3S. The van der Waals surface area contributed by atoms with Gasteiger partial charge in [0.05, 0.1) is 16.1 Å². The lowest BCUT2D eigenvalue weighted by molar-refractivity contribution is -0.132. The first kappa shape index (κ1) is 18.2. The Kier molecular flexibility index (Phi) is 5.12. The maximum absolute atomic E-state index is 12.4. The van der Waals surface area contributed by atoms with E-state index in [-0.39, 0.29) is 24.3 Å². The van der Waals surface area contributed by atoms with Crippen molar-refractivity contribution in [2.24, 2.45) is 5.92 Å². The van der Waals surface area contributed by atoms with Crippen LogP contribution in [0.5, 0.6) is 5.75 Å². The van der Waals surface area contributed by atoms with E-state index in [1.165, 1.54) is 11.3 Å². The zero-order chi connectivity index (χ0) is 19.5. The fourth-order valence-corrected chi connectivity index (χ4v) is 3.97. The maximum Gasteiger partial charge on any atom is 0.260 e. The molecule has 2 amide bonds. The molecule has 8 heteroatoms. The number of hydrazine groups is 1. The highest BCUT2D eigenvalue weighted by Crippen LogP contribution is 2.27. The van der Waals surface area contributed by atoms with Gasteiger partial charge in [-0.15, -0.1) is 0 Å². The van der Waals surface area contributed by atoms with E-state index >= 15 is 0 Å². The molecule has 2 aromatic carbocycles. The minimum Gasteiger partial charge on any atom is -0.492 e. The molecule has 7 nitrogen and oxygen atoms in total. The normalized spacial score (nSPS) is 16.5. The summed E-state index contributed by atoms with van der Waals surface area (Å²) in [7, 11) is 0. The van der Waals surface area contributed by atoms with Crippen molar-refractivity contribution in [2.45, 2.75) is 19.4 Å². The van der Waals surface area contributed by atoms with E-state index in [9.17, 15) is 9.59 Å². The van der Waals surface area contributed by atoms with Gasteiger partial charge in [-0.3, -0.25) is 20.4 Å². The number of thiazole rings is 1. The third-order valence-corrected chi connectivity index (χ3v) is 5.55. The van der Waals surface area contributed by atoms with Crippen LogP contribution < -0.4 is 20.9 Å². The Morgan fingerprint density at radius 2 is 1.93 bits per heavy atom. The fraction of sp³-hybridized carbons (Fsp3) is 0.250. The van der Waals surface area contributed by atoms with E-state index in [1.807, 2.05) is 48.5 Å². The lowest BCUT2D eigenvalue weighted by Crippen LogP contribution is -2.50. The lowest BCUT2D eigenvalue weighted by atomic mass is 9.96. The van der Waals surface area contributed by atoms with Crippen LogP contribution in [0.2, 0.25) is 0 Å². The average Bonchev–Trinajstić information content (AvgIpc) is 3.13. The van der Waals surface area contributed by atoms with Gasteiger partial charge in [-0.05, 0) is 37.1 Å². The molecule has 0 aliphatic carbocycles. The number of nitrogens with zero attached hydrogens (tertiary/aromatic N) is 1. The molecule has 2 atom stereocenters. The number of ether oxygens (including phenoxy) is 1. The molecule has 3 N–H and O–H groups in total. The molecular weight excluding hydrogens is 376 g/mol. The largest absolute Gasteiger partial charge is 0.492 e. The van der Waals surface area contributed by atoms with Gasteiger partial charge in [-0.1, -0.05) is 41.7 Å². The number of hydrogen-bond acceptors (Lipinski definition) is 6. The van der Waals surface area contributed by atoms with Gasteiger partial charge in [0, 0.05) is 0 Å². The number of benzene rings is 2. The predicted molar refractivity (Wildman–Crippen MR) is 108 cm³/mol. The number of aromatic nitrogens is 1. The molecule has 2 heterocycles. The first-order chi connectivity index (χ1) is 13.6. The van der Waals surface area contributed by atoms with Crippen LogP contribution >= 0.6 is 11.3 Å². The van der Waals surface area contributed by atoms with Crippen LogP contribution in [-0.2, 0) is 16.0 Å². The van der Waals surface area contributed by atoms with Crippen molar-refractivity contribution in [3.8, 4) is 5.75 Å². The number of fused-ring (bicyclic) bond motifs is 2. The predicted octanol–water partition coefficient (Wildman–Crippen LogP) is 2.50. The second-order valence-electron chi connectivity index (χ2n) is 6.65. The van der Waals surface area contributed by atoms with Gasteiger partial charge in [0.15, 0.2) is 5.13 Å². The summed E-state index contributed by atoms with van der Waals surface area (Å²) >= 11 is 1.48. The average molecular weight is 396 g/mol. The fourth-order valence-electron chi connectivity index (χ4n) is 3.01. The molecule has 4 rings (SSSR count). The van der Waals surface area contributed by atoms with Gasteiger partial charge < -0.3 is 10.1 Å². The Hall–Kier alpha value is -3.13. The molecule has 0 saturated carbocycles. The molecule has 0 saturated heterocycles. The molecule has 1 aliphatic heterocycles. The topological polar surface area (TPSA) is 92.4 Å².